The minimum atomic E-state index is -3.65. The second-order valence-corrected chi connectivity index (χ2v) is 5.39. The monoisotopic (exact) mass is 314 g/mol. The highest BCUT2D eigenvalue weighted by molar-refractivity contribution is 6.08. The molecule has 0 aromatic heterocycles. The molecule has 1 nitrogen and oxygen atoms in total. The van der Waals surface area contributed by atoms with Crippen LogP contribution in [0.15, 0.2) is 36.4 Å². The molecule has 112 valence electrons. The van der Waals surface area contributed by atoms with Gasteiger partial charge in [0.1, 0.15) is 17.4 Å². The fourth-order valence-corrected chi connectivity index (χ4v) is 2.29. The van der Waals surface area contributed by atoms with Crippen LogP contribution in [0.25, 0.3) is 0 Å². The Balaban J connectivity index is 2.27. The van der Waals surface area contributed by atoms with Crippen molar-refractivity contribution in [1.29, 1.82) is 0 Å². The molecule has 0 saturated carbocycles. The Kier molecular flexibility index (Phi) is 4.36. The first-order chi connectivity index (χ1) is 9.83. The molecule has 0 fully saturated rings. The summed E-state index contributed by atoms with van der Waals surface area (Å²) in [7, 11) is 0.939. The molecular weight excluding hydrogens is 300 g/mol. The number of halogens is 4. The van der Waals surface area contributed by atoms with Gasteiger partial charge in [0.15, 0.2) is 0 Å². The lowest BCUT2D eigenvalue weighted by molar-refractivity contribution is -0.185. The Hall–Kier alpha value is -1.82. The molecule has 2 rings (SSSR count). The number of hydrogen-bond acceptors (Lipinski definition) is 1. The molecule has 0 aliphatic rings. The molecule has 0 aliphatic carbocycles. The first-order valence-electron chi connectivity index (χ1n) is 6.45. The molecule has 0 amide bonds. The normalized spacial score (nSPS) is 11.7. The van der Waals surface area contributed by atoms with E-state index < -0.39 is 23.5 Å². The third kappa shape index (κ3) is 3.44. The van der Waals surface area contributed by atoms with Crippen molar-refractivity contribution in [3.05, 3.63) is 64.7 Å². The number of alkyl halides is 2. The van der Waals surface area contributed by atoms with Gasteiger partial charge >= 0.3 is 6.11 Å². The Morgan fingerprint density at radius 3 is 2.05 bits per heavy atom. The second-order valence-electron chi connectivity index (χ2n) is 4.68. The maximum absolute atomic E-state index is 14.0. The highest BCUT2D eigenvalue weighted by Crippen LogP contribution is 2.33. The molecule has 0 saturated heterocycles. The van der Waals surface area contributed by atoms with Gasteiger partial charge in [-0.1, -0.05) is 17.7 Å². The Morgan fingerprint density at radius 1 is 1.05 bits per heavy atom. The summed E-state index contributed by atoms with van der Waals surface area (Å²) in [4.78, 5) is 0. The summed E-state index contributed by atoms with van der Waals surface area (Å²) in [5, 5.41) is 0. The highest BCUT2D eigenvalue weighted by atomic mass is 28.1. The summed E-state index contributed by atoms with van der Waals surface area (Å²) in [6.45, 7) is 1.22. The fourth-order valence-electron chi connectivity index (χ4n) is 1.82. The van der Waals surface area contributed by atoms with Crippen LogP contribution in [0.1, 0.15) is 16.7 Å². The van der Waals surface area contributed by atoms with Gasteiger partial charge in [0.25, 0.3) is 0 Å². The molecule has 0 N–H and O–H groups in total. The lowest BCUT2D eigenvalue weighted by Gasteiger charge is -2.19. The second kappa shape index (κ2) is 5.89. The summed E-state index contributed by atoms with van der Waals surface area (Å²) in [5.41, 5.74) is 0.374. The third-order valence-electron chi connectivity index (χ3n) is 3.20. The van der Waals surface area contributed by atoms with Crippen molar-refractivity contribution >= 4 is 10.2 Å². The van der Waals surface area contributed by atoms with Crippen molar-refractivity contribution < 1.29 is 22.3 Å². The van der Waals surface area contributed by atoms with E-state index >= 15 is 0 Å². The first kappa shape index (κ1) is 15.6. The Labute approximate surface area is 123 Å². The Morgan fingerprint density at radius 2 is 1.57 bits per heavy atom. The van der Waals surface area contributed by atoms with Crippen LogP contribution in [-0.2, 0) is 12.2 Å². The molecular formula is C15H14F4OSi. The van der Waals surface area contributed by atoms with E-state index in [-0.39, 0.29) is 11.1 Å². The first-order valence-corrected chi connectivity index (χ1v) is 7.87. The van der Waals surface area contributed by atoms with Crippen LogP contribution in [0.4, 0.5) is 17.6 Å². The summed E-state index contributed by atoms with van der Waals surface area (Å²) in [5.74, 6) is -2.40. The predicted molar refractivity (Wildman–Crippen MR) is 75.7 cm³/mol. The van der Waals surface area contributed by atoms with Crippen molar-refractivity contribution in [2.24, 2.45) is 0 Å². The van der Waals surface area contributed by atoms with Gasteiger partial charge in [-0.15, -0.1) is 0 Å². The molecule has 0 bridgehead atoms. The minimum absolute atomic E-state index is 0.234. The third-order valence-corrected chi connectivity index (χ3v) is 4.02. The lowest BCUT2D eigenvalue weighted by atomic mass is 10.1. The summed E-state index contributed by atoms with van der Waals surface area (Å²) < 4.78 is 59.1. The van der Waals surface area contributed by atoms with Gasteiger partial charge in [0.2, 0.25) is 0 Å². The van der Waals surface area contributed by atoms with Gasteiger partial charge in [-0.05, 0) is 25.1 Å². The van der Waals surface area contributed by atoms with Gasteiger partial charge < -0.3 is 4.74 Å². The van der Waals surface area contributed by atoms with Crippen LogP contribution in [0.2, 0.25) is 0 Å². The number of hydrogen-bond donors (Lipinski definition) is 0. The lowest BCUT2D eigenvalue weighted by Crippen LogP contribution is -2.22. The van der Waals surface area contributed by atoms with Crippen molar-refractivity contribution in [3.8, 4) is 5.75 Å². The van der Waals surface area contributed by atoms with Gasteiger partial charge in [-0.25, -0.2) is 8.78 Å². The van der Waals surface area contributed by atoms with E-state index in [1.54, 1.807) is 12.1 Å². The summed E-state index contributed by atoms with van der Waals surface area (Å²) >= 11 is 0. The average Bonchev–Trinajstić information content (AvgIpc) is 2.44. The molecule has 0 aliphatic heterocycles. The molecule has 0 unspecified atom stereocenters. The molecule has 2 aromatic rings. The van der Waals surface area contributed by atoms with Crippen molar-refractivity contribution in [3.63, 3.8) is 0 Å². The molecule has 2 aromatic carbocycles. The molecule has 0 spiro atoms. The van der Waals surface area contributed by atoms with Crippen LogP contribution in [0.3, 0.4) is 0 Å². The number of ether oxygens (including phenoxy) is 1. The van der Waals surface area contributed by atoms with Crippen LogP contribution < -0.4 is 4.74 Å². The average molecular weight is 314 g/mol. The van der Waals surface area contributed by atoms with Crippen LogP contribution in [-0.4, -0.2) is 10.2 Å². The van der Waals surface area contributed by atoms with Crippen LogP contribution in [0.5, 0.6) is 5.75 Å². The summed E-state index contributed by atoms with van der Waals surface area (Å²) in [6.07, 6.45) is -3.65. The van der Waals surface area contributed by atoms with Gasteiger partial charge in [-0.2, -0.15) is 8.78 Å². The van der Waals surface area contributed by atoms with E-state index in [0.29, 0.717) is 0 Å². The topological polar surface area (TPSA) is 9.23 Å². The van der Waals surface area contributed by atoms with Gasteiger partial charge in [0.05, 0.1) is 5.56 Å². The minimum Gasteiger partial charge on any atom is -0.429 e. The van der Waals surface area contributed by atoms with Crippen molar-refractivity contribution in [2.75, 3.05) is 0 Å². The van der Waals surface area contributed by atoms with E-state index in [9.17, 15) is 17.6 Å². The Bertz CT molecular complexity index is 618. The molecule has 0 radical (unpaired) electrons. The van der Waals surface area contributed by atoms with E-state index in [1.165, 1.54) is 19.1 Å². The van der Waals surface area contributed by atoms with E-state index in [1.807, 2.05) is 0 Å². The standard InChI is InChI=1S/C15H14F4OSi/c1-9-13(16)6-12(7-14(9)17)20-15(18,19)11-4-2-10(8-21)3-5-11/h2-7H,8H2,1,21H3. The number of rotatable bonds is 4. The predicted octanol–water partition coefficient (Wildman–Crippen LogP) is 3.27. The molecule has 6 heteroatoms. The zero-order valence-electron chi connectivity index (χ0n) is 11.6. The maximum atomic E-state index is 14.0. The zero-order valence-corrected chi connectivity index (χ0v) is 13.6. The van der Waals surface area contributed by atoms with E-state index in [4.69, 9.17) is 0 Å². The van der Waals surface area contributed by atoms with Gasteiger partial charge in [0, 0.05) is 27.9 Å². The molecule has 21 heavy (non-hydrogen) atoms. The van der Waals surface area contributed by atoms with Crippen molar-refractivity contribution in [1.82, 2.24) is 0 Å². The SMILES string of the molecule is Cc1c(F)cc(OC(F)(F)c2ccc(C[SiH3])cc2)cc1F. The molecule has 0 heterocycles. The van der Waals surface area contributed by atoms with Crippen LogP contribution in [0, 0.1) is 18.6 Å². The number of benzene rings is 2. The van der Waals surface area contributed by atoms with Crippen LogP contribution >= 0.6 is 0 Å². The largest absolute Gasteiger partial charge is 0.429 e. The van der Waals surface area contributed by atoms with E-state index in [2.05, 4.69) is 4.74 Å². The zero-order chi connectivity index (χ0) is 15.6. The smallest absolute Gasteiger partial charge is 0.426 e. The van der Waals surface area contributed by atoms with Gasteiger partial charge in [-0.3, -0.25) is 0 Å². The maximum Gasteiger partial charge on any atom is 0.426 e. The summed E-state index contributed by atoms with van der Waals surface area (Å²) in [6, 6.07) is 8.06. The van der Waals surface area contributed by atoms with E-state index in [0.717, 1.165) is 34.0 Å². The van der Waals surface area contributed by atoms with Crippen molar-refractivity contribution in [2.45, 2.75) is 19.1 Å². The fraction of sp³-hybridized carbons (Fsp3) is 0.200. The molecule has 0 atom stereocenters. The quantitative estimate of drug-likeness (QED) is 0.622. The highest BCUT2D eigenvalue weighted by Gasteiger charge is 2.34.